The topological polar surface area (TPSA) is 102 Å². The fraction of sp³-hybridized carbons (Fsp3) is 0.600. The first kappa shape index (κ1) is 39.7. The lowest BCUT2D eigenvalue weighted by atomic mass is 9.82. The van der Waals surface area contributed by atoms with Gasteiger partial charge in [-0.2, -0.15) is 0 Å². The van der Waals surface area contributed by atoms with E-state index in [1.54, 1.807) is 32.8 Å². The van der Waals surface area contributed by atoms with Crippen LogP contribution >= 0.6 is 0 Å². The third-order valence-corrected chi connectivity index (χ3v) is 10.2. The van der Waals surface area contributed by atoms with Gasteiger partial charge in [0.2, 0.25) is 5.91 Å². The second-order valence-electron chi connectivity index (χ2n) is 15.3. The van der Waals surface area contributed by atoms with Crippen molar-refractivity contribution in [2.24, 2.45) is 17.8 Å². The van der Waals surface area contributed by atoms with Gasteiger partial charge in [0.25, 0.3) is 0 Å². The van der Waals surface area contributed by atoms with Crippen LogP contribution in [0.5, 0.6) is 0 Å². The van der Waals surface area contributed by atoms with Crippen LogP contribution in [0.1, 0.15) is 98.6 Å². The Bertz CT molecular complexity index is 1430. The Labute approximate surface area is 293 Å². The molecule has 0 N–H and O–H groups in total. The van der Waals surface area contributed by atoms with Crippen molar-refractivity contribution in [1.29, 1.82) is 0 Å². The number of fused-ring (bicyclic) bond motifs is 3. The number of benzene rings is 2. The minimum absolute atomic E-state index is 0.000920. The van der Waals surface area contributed by atoms with E-state index in [1.165, 1.54) is 12.0 Å². The second kappa shape index (κ2) is 16.3. The number of hydrogen-bond donors (Lipinski definition) is 0. The number of rotatable bonds is 15. The van der Waals surface area contributed by atoms with Gasteiger partial charge >= 0.3 is 12.1 Å². The van der Waals surface area contributed by atoms with Crippen LogP contribution in [0.4, 0.5) is 4.79 Å². The number of amides is 2. The van der Waals surface area contributed by atoms with E-state index in [9.17, 15) is 19.2 Å². The molecule has 9 nitrogen and oxygen atoms in total. The molecule has 0 unspecified atom stereocenters. The van der Waals surface area contributed by atoms with Crippen molar-refractivity contribution >= 4 is 23.8 Å². The second-order valence-corrected chi connectivity index (χ2v) is 15.3. The van der Waals surface area contributed by atoms with Crippen LogP contribution < -0.4 is 0 Å². The van der Waals surface area contributed by atoms with E-state index < -0.39 is 41.3 Å². The van der Waals surface area contributed by atoms with Crippen LogP contribution in [0, 0.1) is 17.8 Å². The normalized spacial score (nSPS) is 15.4. The van der Waals surface area contributed by atoms with E-state index in [0.717, 1.165) is 28.7 Å². The van der Waals surface area contributed by atoms with E-state index in [4.69, 9.17) is 14.2 Å². The largest absolute Gasteiger partial charge is 0.460 e. The number of hydrogen-bond acceptors (Lipinski definition) is 7. The Morgan fingerprint density at radius 1 is 0.837 bits per heavy atom. The maximum Gasteiger partial charge on any atom is 0.410 e. The minimum atomic E-state index is -1.24. The summed E-state index contributed by atoms with van der Waals surface area (Å²) < 4.78 is 17.2. The number of ether oxygens (including phenoxy) is 3. The summed E-state index contributed by atoms with van der Waals surface area (Å²) in [7, 11) is 4.82. The van der Waals surface area contributed by atoms with Crippen LogP contribution in [-0.4, -0.2) is 84.7 Å². The highest BCUT2D eigenvalue weighted by atomic mass is 16.6. The van der Waals surface area contributed by atoms with E-state index in [0.29, 0.717) is 0 Å². The van der Waals surface area contributed by atoms with Gasteiger partial charge in [0.15, 0.2) is 5.78 Å². The summed E-state index contributed by atoms with van der Waals surface area (Å²) in [5, 5.41) is 0. The quantitative estimate of drug-likeness (QED) is 0.180. The monoisotopic (exact) mass is 678 g/mol. The highest BCUT2D eigenvalue weighted by Crippen LogP contribution is 2.44. The Morgan fingerprint density at radius 2 is 1.37 bits per heavy atom. The number of carbonyl (C=O) groups is 4. The molecule has 0 radical (unpaired) electrons. The summed E-state index contributed by atoms with van der Waals surface area (Å²) in [6.07, 6.45) is -0.528. The first-order valence-electron chi connectivity index (χ1n) is 17.5. The third-order valence-electron chi connectivity index (χ3n) is 10.2. The third kappa shape index (κ3) is 9.30. The molecule has 0 bridgehead atoms. The number of nitrogens with zero attached hydrogens (tertiary/aromatic N) is 2. The number of Topliss-reactive ketones (excluding diaryl/α,β-unsaturated/α-hetero) is 1. The molecule has 2 aromatic rings. The first-order chi connectivity index (χ1) is 22.8. The molecule has 0 saturated carbocycles. The van der Waals surface area contributed by atoms with Gasteiger partial charge in [-0.05, 0) is 68.7 Å². The van der Waals surface area contributed by atoms with Crippen molar-refractivity contribution in [2.45, 2.75) is 111 Å². The zero-order chi connectivity index (χ0) is 36.8. The molecular formula is C40H58N2O7. The maximum absolute atomic E-state index is 14.2. The summed E-state index contributed by atoms with van der Waals surface area (Å²) >= 11 is 0. The molecule has 3 rings (SSSR count). The van der Waals surface area contributed by atoms with Crippen LogP contribution in [0.3, 0.4) is 0 Å². The number of ketones is 1. The van der Waals surface area contributed by atoms with Crippen molar-refractivity contribution in [3.63, 3.8) is 0 Å². The zero-order valence-corrected chi connectivity index (χ0v) is 31.7. The van der Waals surface area contributed by atoms with Crippen molar-refractivity contribution < 1.29 is 33.4 Å². The molecule has 0 heterocycles. The molecule has 0 fully saturated rings. The highest BCUT2D eigenvalue weighted by Gasteiger charge is 2.42. The van der Waals surface area contributed by atoms with Crippen molar-refractivity contribution in [3.05, 3.63) is 59.7 Å². The first-order valence-corrected chi connectivity index (χ1v) is 17.5. The number of likely N-dealkylation sites (N-methyl/N-ethyl adjacent to an activating group) is 2. The Kier molecular flexibility index (Phi) is 13.2. The number of esters is 1. The van der Waals surface area contributed by atoms with Crippen LogP contribution in [0.2, 0.25) is 0 Å². The summed E-state index contributed by atoms with van der Waals surface area (Å²) in [5.41, 5.74) is 2.59. The molecule has 0 aliphatic heterocycles. The van der Waals surface area contributed by atoms with E-state index >= 15 is 0 Å². The van der Waals surface area contributed by atoms with Gasteiger partial charge < -0.3 is 19.1 Å². The molecule has 0 saturated heterocycles. The molecule has 1 aliphatic carbocycles. The van der Waals surface area contributed by atoms with E-state index in [2.05, 4.69) is 24.3 Å². The Hall–Kier alpha value is -3.72. The standard InChI is InChI=1S/C40H58N2O7/c1-13-26(4)36(33(47-12)23-35(44)49-39(5,6)7)41(10)37(45)31(25(2)3)22-34(43)40(8,9)42(11)38(46)48-24-32-29-20-16-14-18-27(29)28-19-15-17-21-30(28)32/h14-21,25-26,31-33,36H,13,22-24H2,1-12H3/t26-,31-,33+,36-/m0/s1. The zero-order valence-electron chi connectivity index (χ0n) is 31.7. The fourth-order valence-corrected chi connectivity index (χ4v) is 6.70. The minimum Gasteiger partial charge on any atom is -0.460 e. The Balaban J connectivity index is 1.74. The molecule has 1 aliphatic rings. The molecule has 270 valence electrons. The summed E-state index contributed by atoms with van der Waals surface area (Å²) in [5.74, 6) is -1.78. The SMILES string of the molecule is CC[C@H](C)[C@@H]([C@@H](CC(=O)OC(C)(C)C)OC)N(C)C(=O)[C@@H](CC(=O)C(C)(C)N(C)C(=O)OCC1c2ccccc2-c2ccccc21)C(C)C. The summed E-state index contributed by atoms with van der Waals surface area (Å²) in [6, 6.07) is 15.8. The van der Waals surface area contributed by atoms with Gasteiger partial charge in [-0.25, -0.2) is 4.79 Å². The van der Waals surface area contributed by atoms with Crippen LogP contribution in [0.15, 0.2) is 48.5 Å². The highest BCUT2D eigenvalue weighted by molar-refractivity contribution is 5.94. The average Bonchev–Trinajstić information content (AvgIpc) is 3.36. The van der Waals surface area contributed by atoms with E-state index in [-0.39, 0.29) is 48.9 Å². The predicted octanol–water partition coefficient (Wildman–Crippen LogP) is 7.50. The fourth-order valence-electron chi connectivity index (χ4n) is 6.70. The molecule has 4 atom stereocenters. The van der Waals surface area contributed by atoms with Gasteiger partial charge in [-0.15, -0.1) is 0 Å². The molecular weight excluding hydrogens is 620 g/mol. The number of methoxy groups -OCH3 is 1. The van der Waals surface area contributed by atoms with Gasteiger partial charge in [0.05, 0.1) is 24.1 Å². The van der Waals surface area contributed by atoms with E-state index in [1.807, 2.05) is 72.7 Å². The van der Waals surface area contributed by atoms with Crippen molar-refractivity contribution in [1.82, 2.24) is 9.80 Å². The lowest BCUT2D eigenvalue weighted by Gasteiger charge is -2.40. The average molecular weight is 679 g/mol. The smallest absolute Gasteiger partial charge is 0.410 e. The lowest BCUT2D eigenvalue weighted by Crippen LogP contribution is -2.54. The van der Waals surface area contributed by atoms with Crippen molar-refractivity contribution in [3.8, 4) is 11.1 Å². The molecule has 0 spiro atoms. The van der Waals surface area contributed by atoms with Crippen LogP contribution in [0.25, 0.3) is 11.1 Å². The van der Waals surface area contributed by atoms with Crippen LogP contribution in [-0.2, 0) is 28.6 Å². The van der Waals surface area contributed by atoms with Gasteiger partial charge in [-0.1, -0.05) is 82.6 Å². The molecule has 2 amide bonds. The Morgan fingerprint density at radius 3 is 1.84 bits per heavy atom. The maximum atomic E-state index is 14.2. The molecule has 2 aromatic carbocycles. The molecule has 0 aromatic heterocycles. The molecule has 49 heavy (non-hydrogen) atoms. The summed E-state index contributed by atoms with van der Waals surface area (Å²) in [6.45, 7) is 16.8. The number of carbonyl (C=O) groups excluding carboxylic acids is 4. The lowest BCUT2D eigenvalue weighted by molar-refractivity contribution is -0.161. The molecule has 9 heteroatoms. The van der Waals surface area contributed by atoms with Gasteiger partial charge in [0, 0.05) is 39.5 Å². The van der Waals surface area contributed by atoms with Gasteiger partial charge in [-0.3, -0.25) is 19.3 Å². The predicted molar refractivity (Wildman–Crippen MR) is 192 cm³/mol. The summed E-state index contributed by atoms with van der Waals surface area (Å²) in [4.78, 5) is 57.4. The van der Waals surface area contributed by atoms with Gasteiger partial charge in [0.1, 0.15) is 12.2 Å². The van der Waals surface area contributed by atoms with Crippen molar-refractivity contribution in [2.75, 3.05) is 27.8 Å².